The maximum absolute atomic E-state index is 11.8. The zero-order chi connectivity index (χ0) is 17.6. The summed E-state index contributed by atoms with van der Waals surface area (Å²) in [5.41, 5.74) is -0.228. The van der Waals surface area contributed by atoms with Crippen LogP contribution < -0.4 is 5.32 Å². The molecule has 1 aromatic rings. The summed E-state index contributed by atoms with van der Waals surface area (Å²) in [5, 5.41) is 20.2. The number of ether oxygens (including phenoxy) is 1. The lowest BCUT2D eigenvalue weighted by atomic mass is 10.0. The molecule has 0 fully saturated rings. The van der Waals surface area contributed by atoms with E-state index >= 15 is 0 Å². The average molecular weight is 310 g/mol. The number of carboxylic acids is 2. The molecule has 1 amide bonds. The fraction of sp³-hybridized carbons (Fsp3) is 0.400. The van der Waals surface area contributed by atoms with Crippen LogP contribution in [0.5, 0.6) is 0 Å². The van der Waals surface area contributed by atoms with E-state index in [0.717, 1.165) is 0 Å². The molecule has 7 heteroatoms. The maximum Gasteiger partial charge on any atom is 0.408 e. The molecule has 7 nitrogen and oxygen atoms in total. The second kappa shape index (κ2) is 6.93. The SMILES string of the molecule is [2H]CC(C)(C)OC(=O)NC(C(=O)O)c1ccc(CC(=O)O)cc1. The lowest BCUT2D eigenvalue weighted by molar-refractivity contribution is -0.140. The molecule has 0 aromatic heterocycles. The van der Waals surface area contributed by atoms with Crippen LogP contribution in [0.1, 0.15) is 39.3 Å². The molecule has 1 aromatic carbocycles. The molecule has 120 valence electrons. The summed E-state index contributed by atoms with van der Waals surface area (Å²) in [7, 11) is 0. The Bertz CT molecular complexity index is 584. The van der Waals surface area contributed by atoms with Gasteiger partial charge in [0, 0.05) is 1.37 Å². The molecule has 0 spiro atoms. The first kappa shape index (κ1) is 15.8. The Hall–Kier alpha value is -2.57. The van der Waals surface area contributed by atoms with Crippen molar-refractivity contribution in [3.63, 3.8) is 0 Å². The highest BCUT2D eigenvalue weighted by molar-refractivity contribution is 5.81. The number of hydrogen-bond acceptors (Lipinski definition) is 4. The molecule has 0 aliphatic carbocycles. The van der Waals surface area contributed by atoms with Crippen LogP contribution in [0.25, 0.3) is 0 Å². The molecule has 3 N–H and O–H groups in total. The third kappa shape index (κ3) is 5.82. The first-order valence-corrected chi connectivity index (χ1v) is 6.47. The normalized spacial score (nSPS) is 12.9. The summed E-state index contributed by atoms with van der Waals surface area (Å²) in [5.74, 6) is -2.27. The van der Waals surface area contributed by atoms with Crippen LogP contribution in [-0.4, -0.2) is 33.8 Å². The van der Waals surface area contributed by atoms with E-state index in [9.17, 15) is 19.5 Å². The predicted octanol–water partition coefficient (Wildman–Crippen LogP) is 1.96. The first-order valence-electron chi connectivity index (χ1n) is 7.17. The van der Waals surface area contributed by atoms with Crippen LogP contribution in [0.2, 0.25) is 0 Å². The van der Waals surface area contributed by atoms with Gasteiger partial charge in [0.1, 0.15) is 5.60 Å². The standard InChI is InChI=1S/C15H19NO6/c1-15(2,3)22-14(21)16-12(13(19)20)10-6-4-9(5-7-10)8-11(17)18/h4-7,12H,8H2,1-3H3,(H,16,21)(H,17,18)(H,19,20)/i1D. The molecule has 1 rings (SSSR count). The molecule has 0 saturated carbocycles. The Morgan fingerprint density at radius 3 is 2.32 bits per heavy atom. The van der Waals surface area contributed by atoms with Crippen LogP contribution >= 0.6 is 0 Å². The van der Waals surface area contributed by atoms with Crippen molar-refractivity contribution >= 4 is 18.0 Å². The molecule has 0 bridgehead atoms. The molecular weight excluding hydrogens is 290 g/mol. The van der Waals surface area contributed by atoms with Crippen LogP contribution in [0, 0.1) is 0 Å². The van der Waals surface area contributed by atoms with E-state index in [1.807, 2.05) is 0 Å². The smallest absolute Gasteiger partial charge is 0.408 e. The summed E-state index contributed by atoms with van der Waals surface area (Å²) in [4.78, 5) is 33.7. The number of carbonyl (C=O) groups excluding carboxylic acids is 1. The van der Waals surface area contributed by atoms with Crippen LogP contribution in [0.15, 0.2) is 24.3 Å². The van der Waals surface area contributed by atoms with Gasteiger partial charge < -0.3 is 20.3 Å². The first-order chi connectivity index (χ1) is 10.6. The minimum absolute atomic E-state index is 0.165. The van der Waals surface area contributed by atoms with Crippen molar-refractivity contribution in [2.75, 3.05) is 0 Å². The van der Waals surface area contributed by atoms with E-state index in [0.29, 0.717) is 5.56 Å². The maximum atomic E-state index is 11.8. The van der Waals surface area contributed by atoms with E-state index in [2.05, 4.69) is 5.32 Å². The third-order valence-electron chi connectivity index (χ3n) is 2.55. The number of carboxylic acid groups (broad SMARTS) is 2. The zero-order valence-electron chi connectivity index (χ0n) is 13.3. The number of alkyl carbamates (subject to hydrolysis) is 1. The number of benzene rings is 1. The summed E-state index contributed by atoms with van der Waals surface area (Å²) >= 11 is 0. The molecule has 0 aliphatic rings. The van der Waals surface area contributed by atoms with Crippen molar-refractivity contribution in [2.24, 2.45) is 0 Å². The zero-order valence-corrected chi connectivity index (χ0v) is 12.3. The Balaban J connectivity index is 2.84. The fourth-order valence-electron chi connectivity index (χ4n) is 1.69. The van der Waals surface area contributed by atoms with E-state index < -0.39 is 29.7 Å². The van der Waals surface area contributed by atoms with E-state index in [4.69, 9.17) is 11.2 Å². The van der Waals surface area contributed by atoms with Gasteiger partial charge in [-0.3, -0.25) is 4.79 Å². The second-order valence-corrected chi connectivity index (χ2v) is 5.38. The number of amides is 1. The minimum Gasteiger partial charge on any atom is -0.481 e. The van der Waals surface area contributed by atoms with Gasteiger partial charge in [-0.15, -0.1) is 0 Å². The van der Waals surface area contributed by atoms with Crippen LogP contribution in [-0.2, 0) is 20.7 Å². The van der Waals surface area contributed by atoms with Crippen molar-refractivity contribution in [2.45, 2.75) is 38.8 Å². The Morgan fingerprint density at radius 1 is 1.27 bits per heavy atom. The number of nitrogens with one attached hydrogen (secondary N) is 1. The van der Waals surface area contributed by atoms with Gasteiger partial charge in [0.15, 0.2) is 6.04 Å². The molecular formula is C15H19NO6. The summed E-state index contributed by atoms with van der Waals surface area (Å²) in [6.45, 7) is 2.91. The quantitative estimate of drug-likeness (QED) is 0.766. The van der Waals surface area contributed by atoms with Gasteiger partial charge >= 0.3 is 18.0 Å². The minimum atomic E-state index is -1.33. The monoisotopic (exact) mass is 310 g/mol. The largest absolute Gasteiger partial charge is 0.481 e. The van der Waals surface area contributed by atoms with E-state index in [1.165, 1.54) is 38.1 Å². The van der Waals surface area contributed by atoms with Gasteiger partial charge in [-0.05, 0) is 31.9 Å². The van der Waals surface area contributed by atoms with Crippen LogP contribution in [0.4, 0.5) is 4.79 Å². The Morgan fingerprint density at radius 2 is 1.86 bits per heavy atom. The molecule has 0 aliphatic heterocycles. The van der Waals surface area contributed by atoms with E-state index in [1.54, 1.807) is 0 Å². The molecule has 0 heterocycles. The highest BCUT2D eigenvalue weighted by Crippen LogP contribution is 2.16. The predicted molar refractivity (Wildman–Crippen MR) is 77.5 cm³/mol. The molecule has 0 saturated heterocycles. The Labute approximate surface area is 129 Å². The lowest BCUT2D eigenvalue weighted by Gasteiger charge is -2.22. The third-order valence-corrected chi connectivity index (χ3v) is 2.55. The molecule has 0 radical (unpaired) electrons. The Kier molecular flexibility index (Phi) is 4.98. The highest BCUT2D eigenvalue weighted by Gasteiger charge is 2.25. The van der Waals surface area contributed by atoms with Gasteiger partial charge in [-0.25, -0.2) is 9.59 Å². The van der Waals surface area contributed by atoms with E-state index in [-0.39, 0.29) is 18.9 Å². The summed E-state index contributed by atoms with van der Waals surface area (Å²) in [6.07, 6.45) is -1.12. The lowest BCUT2D eigenvalue weighted by Crippen LogP contribution is -2.38. The second-order valence-electron chi connectivity index (χ2n) is 5.38. The van der Waals surface area contributed by atoms with Gasteiger partial charge in [-0.2, -0.15) is 0 Å². The number of rotatable bonds is 5. The average Bonchev–Trinajstić information content (AvgIpc) is 2.44. The summed E-state index contributed by atoms with van der Waals surface area (Å²) < 4.78 is 12.2. The van der Waals surface area contributed by atoms with Crippen molar-refractivity contribution in [3.05, 3.63) is 35.4 Å². The molecule has 22 heavy (non-hydrogen) atoms. The van der Waals surface area contributed by atoms with Crippen LogP contribution in [0.3, 0.4) is 0 Å². The fourth-order valence-corrected chi connectivity index (χ4v) is 1.69. The van der Waals surface area contributed by atoms with Crippen molar-refractivity contribution in [1.29, 1.82) is 0 Å². The number of hydrogen-bond donors (Lipinski definition) is 3. The topological polar surface area (TPSA) is 113 Å². The van der Waals surface area contributed by atoms with Gasteiger partial charge in [0.2, 0.25) is 0 Å². The highest BCUT2D eigenvalue weighted by atomic mass is 16.6. The summed E-state index contributed by atoms with van der Waals surface area (Å²) in [6, 6.07) is 4.52. The van der Waals surface area contributed by atoms with Gasteiger partial charge in [-0.1, -0.05) is 24.3 Å². The molecule has 1 atom stereocenters. The number of carbonyl (C=O) groups is 3. The van der Waals surface area contributed by atoms with Crippen molar-refractivity contribution in [3.8, 4) is 0 Å². The van der Waals surface area contributed by atoms with Gasteiger partial charge in [0.25, 0.3) is 0 Å². The number of aliphatic carboxylic acids is 2. The van der Waals surface area contributed by atoms with Crippen molar-refractivity contribution in [1.82, 2.24) is 5.32 Å². The molecule has 1 unspecified atom stereocenters. The van der Waals surface area contributed by atoms with Gasteiger partial charge in [0.05, 0.1) is 6.42 Å². The van der Waals surface area contributed by atoms with Crippen molar-refractivity contribution < 1.29 is 30.7 Å².